The molecule has 0 amide bonds. The van der Waals surface area contributed by atoms with Crippen LogP contribution in [0, 0.1) is 0 Å². The van der Waals surface area contributed by atoms with Crippen molar-refractivity contribution in [3.8, 4) is 0 Å². The molecule has 1 aliphatic heterocycles. The molecule has 6 heteroatoms. The van der Waals surface area contributed by atoms with Gasteiger partial charge < -0.3 is 15.4 Å². The maximum atomic E-state index is 5.24. The second-order valence-corrected chi connectivity index (χ2v) is 4.01. The summed E-state index contributed by atoms with van der Waals surface area (Å²) in [5.41, 5.74) is 0. The molecule has 1 aliphatic rings. The van der Waals surface area contributed by atoms with E-state index >= 15 is 0 Å². The topological polar surface area (TPSA) is 46.2 Å². The van der Waals surface area contributed by atoms with Gasteiger partial charge in [-0.2, -0.15) is 0 Å². The molecule has 2 rings (SSSR count). The van der Waals surface area contributed by atoms with Crippen LogP contribution in [0.15, 0.2) is 36.1 Å². The van der Waals surface area contributed by atoms with Gasteiger partial charge in [0.2, 0.25) is 0 Å². The van der Waals surface area contributed by atoms with Crippen LogP contribution < -0.4 is 10.6 Å². The van der Waals surface area contributed by atoms with Crippen molar-refractivity contribution in [2.75, 3.05) is 5.32 Å². The van der Waals surface area contributed by atoms with Crippen LogP contribution in [0.4, 0.5) is 5.13 Å². The summed E-state index contributed by atoms with van der Waals surface area (Å²) >= 11 is 6.58. The Bertz CT molecular complexity index is 386. The van der Waals surface area contributed by atoms with Crippen LogP contribution in [0.5, 0.6) is 0 Å². The lowest BCUT2D eigenvalue weighted by molar-refractivity contribution is 0.171. The van der Waals surface area contributed by atoms with Gasteiger partial charge in [0.05, 0.1) is 6.26 Å². The minimum atomic E-state index is -0.213. The summed E-state index contributed by atoms with van der Waals surface area (Å²) in [4.78, 5) is 4.06. The zero-order valence-electron chi connectivity index (χ0n) is 7.71. The molecule has 2 N–H and O–H groups in total. The average molecular weight is 239 g/mol. The van der Waals surface area contributed by atoms with Gasteiger partial charge in [-0.05, 0) is 24.4 Å². The van der Waals surface area contributed by atoms with E-state index in [1.807, 2.05) is 23.6 Å². The molecule has 2 heterocycles. The first-order valence-electron chi connectivity index (χ1n) is 4.30. The molecule has 0 saturated heterocycles. The molecule has 0 saturated carbocycles. The molecule has 0 fully saturated rings. The van der Waals surface area contributed by atoms with Crippen LogP contribution in [-0.2, 0) is 4.74 Å². The highest BCUT2D eigenvalue weighted by Crippen LogP contribution is 2.10. The van der Waals surface area contributed by atoms with Gasteiger partial charge in [0, 0.05) is 11.6 Å². The monoisotopic (exact) mass is 239 g/mol. The third-order valence-electron chi connectivity index (χ3n) is 1.63. The maximum Gasteiger partial charge on any atom is 0.190 e. The summed E-state index contributed by atoms with van der Waals surface area (Å²) in [6, 6.07) is 0. The van der Waals surface area contributed by atoms with Gasteiger partial charge in [0.1, 0.15) is 0 Å². The summed E-state index contributed by atoms with van der Waals surface area (Å²) in [7, 11) is 0. The van der Waals surface area contributed by atoms with Gasteiger partial charge in [-0.3, -0.25) is 0 Å². The molecule has 0 radical (unpaired) electrons. The van der Waals surface area contributed by atoms with Crippen LogP contribution in [-0.4, -0.2) is 16.3 Å². The Morgan fingerprint density at radius 2 is 2.47 bits per heavy atom. The first kappa shape index (κ1) is 10.1. The molecule has 1 atom stereocenters. The summed E-state index contributed by atoms with van der Waals surface area (Å²) in [6.07, 6.45) is 8.70. The Kier molecular flexibility index (Phi) is 3.31. The Morgan fingerprint density at radius 1 is 1.53 bits per heavy atom. The number of aromatic nitrogens is 1. The van der Waals surface area contributed by atoms with E-state index in [1.165, 1.54) is 11.3 Å². The number of nitrogens with one attached hydrogen (secondary N) is 2. The van der Waals surface area contributed by atoms with Crippen molar-refractivity contribution in [2.45, 2.75) is 6.23 Å². The molecular formula is C9H9N3OS2. The number of thiocarbonyl (C=S) groups is 1. The van der Waals surface area contributed by atoms with Crippen molar-refractivity contribution < 1.29 is 4.74 Å². The molecule has 1 aromatic heterocycles. The van der Waals surface area contributed by atoms with E-state index in [2.05, 4.69) is 15.6 Å². The largest absolute Gasteiger partial charge is 0.475 e. The zero-order chi connectivity index (χ0) is 10.5. The van der Waals surface area contributed by atoms with Gasteiger partial charge in [-0.1, -0.05) is 6.08 Å². The number of hydrogen-bond acceptors (Lipinski definition) is 4. The molecule has 0 spiro atoms. The molecule has 0 bridgehead atoms. The Balaban J connectivity index is 1.82. The molecular weight excluding hydrogens is 230 g/mol. The fourth-order valence-electron chi connectivity index (χ4n) is 1.02. The van der Waals surface area contributed by atoms with Gasteiger partial charge >= 0.3 is 0 Å². The van der Waals surface area contributed by atoms with Crippen LogP contribution in [0.2, 0.25) is 0 Å². The SMILES string of the molecule is S=C(Nc1nccs1)NC1C=CC=CO1. The van der Waals surface area contributed by atoms with E-state index in [0.29, 0.717) is 5.11 Å². The van der Waals surface area contributed by atoms with Gasteiger partial charge in [-0.25, -0.2) is 4.98 Å². The van der Waals surface area contributed by atoms with Crippen LogP contribution in [0.25, 0.3) is 0 Å². The van der Waals surface area contributed by atoms with E-state index in [0.717, 1.165) is 5.13 Å². The summed E-state index contributed by atoms with van der Waals surface area (Å²) in [6.45, 7) is 0. The van der Waals surface area contributed by atoms with Crippen molar-refractivity contribution in [3.05, 3.63) is 36.1 Å². The molecule has 0 aromatic carbocycles. The first-order chi connectivity index (χ1) is 7.34. The van der Waals surface area contributed by atoms with E-state index in [9.17, 15) is 0 Å². The number of ether oxygens (including phenoxy) is 1. The van der Waals surface area contributed by atoms with Gasteiger partial charge in [-0.15, -0.1) is 11.3 Å². The number of nitrogens with zero attached hydrogens (tertiary/aromatic N) is 1. The number of rotatable bonds is 2. The lowest BCUT2D eigenvalue weighted by Gasteiger charge is -2.17. The second kappa shape index (κ2) is 4.90. The highest BCUT2D eigenvalue weighted by Gasteiger charge is 2.07. The first-order valence-corrected chi connectivity index (χ1v) is 5.59. The minimum Gasteiger partial charge on any atom is -0.475 e. The number of anilines is 1. The Labute approximate surface area is 96.7 Å². The van der Waals surface area contributed by atoms with E-state index in [-0.39, 0.29) is 6.23 Å². The lowest BCUT2D eigenvalue weighted by atomic mass is 10.4. The fraction of sp³-hybridized carbons (Fsp3) is 0.111. The second-order valence-electron chi connectivity index (χ2n) is 2.71. The fourth-order valence-corrected chi connectivity index (χ4v) is 1.83. The maximum absolute atomic E-state index is 5.24. The summed E-state index contributed by atoms with van der Waals surface area (Å²) < 4.78 is 5.24. The van der Waals surface area contributed by atoms with Crippen molar-refractivity contribution in [2.24, 2.45) is 0 Å². The molecule has 4 nitrogen and oxygen atoms in total. The highest BCUT2D eigenvalue weighted by atomic mass is 32.1. The van der Waals surface area contributed by atoms with Crippen LogP contribution >= 0.6 is 23.6 Å². The summed E-state index contributed by atoms with van der Waals surface area (Å²) in [5.74, 6) is 0. The molecule has 1 aromatic rings. The number of hydrogen-bond donors (Lipinski definition) is 2. The molecule has 0 aliphatic carbocycles. The summed E-state index contributed by atoms with van der Waals surface area (Å²) in [5, 5.41) is 9.08. The predicted octanol–water partition coefficient (Wildman–Crippen LogP) is 1.86. The van der Waals surface area contributed by atoms with Crippen LogP contribution in [0.3, 0.4) is 0 Å². The molecule has 78 valence electrons. The van der Waals surface area contributed by atoms with Crippen LogP contribution in [0.1, 0.15) is 0 Å². The standard InChI is InChI=1S/C9H9N3OS2/c14-8(12-9-10-4-6-15-9)11-7-3-1-2-5-13-7/h1-7H,(H2,10,11,12,14). The Hall–Kier alpha value is -1.40. The number of allylic oxidation sites excluding steroid dienone is 2. The van der Waals surface area contributed by atoms with Gasteiger partial charge in [0.25, 0.3) is 0 Å². The van der Waals surface area contributed by atoms with E-state index in [1.54, 1.807) is 12.5 Å². The van der Waals surface area contributed by atoms with Gasteiger partial charge in [0.15, 0.2) is 16.5 Å². The van der Waals surface area contributed by atoms with Crippen molar-refractivity contribution >= 4 is 33.8 Å². The predicted molar refractivity (Wildman–Crippen MR) is 64.6 cm³/mol. The minimum absolute atomic E-state index is 0.213. The highest BCUT2D eigenvalue weighted by molar-refractivity contribution is 7.80. The van der Waals surface area contributed by atoms with Crippen molar-refractivity contribution in [1.82, 2.24) is 10.3 Å². The van der Waals surface area contributed by atoms with E-state index in [4.69, 9.17) is 17.0 Å². The number of thiazole rings is 1. The average Bonchev–Trinajstić information content (AvgIpc) is 2.71. The van der Waals surface area contributed by atoms with E-state index < -0.39 is 0 Å². The molecule has 15 heavy (non-hydrogen) atoms. The van der Waals surface area contributed by atoms with Crippen molar-refractivity contribution in [1.29, 1.82) is 0 Å². The normalized spacial score (nSPS) is 18.3. The lowest BCUT2D eigenvalue weighted by Crippen LogP contribution is -2.37. The smallest absolute Gasteiger partial charge is 0.190 e. The third kappa shape index (κ3) is 3.03. The molecule has 1 unspecified atom stereocenters. The third-order valence-corrected chi connectivity index (χ3v) is 2.54. The quantitative estimate of drug-likeness (QED) is 0.771. The Morgan fingerprint density at radius 3 is 3.13 bits per heavy atom. The zero-order valence-corrected chi connectivity index (χ0v) is 9.35. The van der Waals surface area contributed by atoms with Crippen molar-refractivity contribution in [3.63, 3.8) is 0 Å².